The van der Waals surface area contributed by atoms with Crippen LogP contribution in [0.2, 0.25) is 5.02 Å². The summed E-state index contributed by atoms with van der Waals surface area (Å²) in [5, 5.41) is 15.7. The van der Waals surface area contributed by atoms with Crippen molar-refractivity contribution in [1.82, 2.24) is 15.2 Å². The van der Waals surface area contributed by atoms with E-state index < -0.39 is 23.4 Å². The molecule has 3 rings (SSSR count). The van der Waals surface area contributed by atoms with Gasteiger partial charge in [-0.25, -0.2) is 9.59 Å². The molecule has 8 nitrogen and oxygen atoms in total. The Morgan fingerprint density at radius 2 is 2.00 bits per heavy atom. The topological polar surface area (TPSA) is 101 Å². The van der Waals surface area contributed by atoms with E-state index in [1.165, 1.54) is 7.11 Å². The molecular formula is C30H42ClN3O5. The number of benzene rings is 1. The molecule has 0 bridgehead atoms. The number of amides is 2. The molecule has 9 heteroatoms. The van der Waals surface area contributed by atoms with Gasteiger partial charge in [0.25, 0.3) is 0 Å². The second kappa shape index (κ2) is 13.0. The molecule has 2 aromatic rings. The van der Waals surface area contributed by atoms with Gasteiger partial charge in [0.2, 0.25) is 0 Å². The summed E-state index contributed by atoms with van der Waals surface area (Å²) in [6, 6.07) is 8.16. The lowest BCUT2D eigenvalue weighted by molar-refractivity contribution is -0.0631. The number of aliphatic hydroxyl groups is 1. The zero-order chi connectivity index (χ0) is 28.8. The minimum Gasteiger partial charge on any atom is -0.453 e. The van der Waals surface area contributed by atoms with E-state index in [1.54, 1.807) is 17.3 Å². The largest absolute Gasteiger partial charge is 0.453 e. The molecule has 1 fully saturated rings. The van der Waals surface area contributed by atoms with E-state index in [-0.39, 0.29) is 5.92 Å². The summed E-state index contributed by atoms with van der Waals surface area (Å²) in [5.41, 5.74) is 1.41. The maximum atomic E-state index is 13.0. The fraction of sp³-hybridized carbons (Fsp3) is 0.567. The van der Waals surface area contributed by atoms with Crippen LogP contribution in [0.4, 0.5) is 9.59 Å². The number of hydrogen-bond acceptors (Lipinski definition) is 6. The van der Waals surface area contributed by atoms with Crippen LogP contribution in [-0.4, -0.2) is 59.5 Å². The smallest absolute Gasteiger partial charge is 0.410 e. The van der Waals surface area contributed by atoms with Gasteiger partial charge in [-0.2, -0.15) is 0 Å². The first kappa shape index (κ1) is 30.7. The Morgan fingerprint density at radius 3 is 2.67 bits per heavy atom. The van der Waals surface area contributed by atoms with Crippen molar-refractivity contribution in [3.63, 3.8) is 0 Å². The minimum atomic E-state index is -1.38. The van der Waals surface area contributed by atoms with E-state index >= 15 is 0 Å². The summed E-state index contributed by atoms with van der Waals surface area (Å²) in [6.45, 7) is 11.0. The van der Waals surface area contributed by atoms with Gasteiger partial charge in [-0.1, -0.05) is 49.7 Å². The number of methoxy groups -OCH3 is 1. The number of halogens is 1. The number of carbonyl (C=O) groups excluding carboxylic acids is 2. The maximum Gasteiger partial charge on any atom is 0.410 e. The van der Waals surface area contributed by atoms with Crippen LogP contribution >= 0.6 is 11.6 Å². The van der Waals surface area contributed by atoms with Gasteiger partial charge in [0, 0.05) is 49.1 Å². The third-order valence-corrected chi connectivity index (χ3v) is 7.43. The highest BCUT2D eigenvalue weighted by molar-refractivity contribution is 6.33. The Labute approximate surface area is 237 Å². The number of nitrogens with zero attached hydrogens (tertiary/aromatic N) is 2. The van der Waals surface area contributed by atoms with Gasteiger partial charge in [-0.05, 0) is 63.5 Å². The third-order valence-electron chi connectivity index (χ3n) is 7.15. The first-order valence-corrected chi connectivity index (χ1v) is 14.0. The molecule has 0 spiro atoms. The van der Waals surface area contributed by atoms with Crippen molar-refractivity contribution in [2.45, 2.75) is 77.4 Å². The van der Waals surface area contributed by atoms with Gasteiger partial charge in [-0.15, -0.1) is 0 Å². The monoisotopic (exact) mass is 559 g/mol. The van der Waals surface area contributed by atoms with E-state index in [4.69, 9.17) is 16.3 Å². The van der Waals surface area contributed by atoms with Crippen molar-refractivity contribution in [2.24, 2.45) is 5.92 Å². The summed E-state index contributed by atoms with van der Waals surface area (Å²) in [4.78, 5) is 30.6. The fourth-order valence-electron chi connectivity index (χ4n) is 5.15. The Balaban J connectivity index is 2.04. The average molecular weight is 560 g/mol. The molecule has 0 aliphatic carbocycles. The van der Waals surface area contributed by atoms with Crippen molar-refractivity contribution in [3.8, 4) is 11.1 Å². The number of ether oxygens (including phenoxy) is 2. The van der Waals surface area contributed by atoms with E-state index in [0.717, 1.165) is 23.1 Å². The molecule has 1 aliphatic heterocycles. The van der Waals surface area contributed by atoms with Crippen LogP contribution in [0.1, 0.15) is 77.3 Å². The molecule has 2 amide bonds. The van der Waals surface area contributed by atoms with Crippen LogP contribution in [-0.2, 0) is 15.1 Å². The molecule has 1 aromatic heterocycles. The molecule has 2 atom stereocenters. The zero-order valence-electron chi connectivity index (χ0n) is 23.9. The SMILES string of the molecule is COC(=O)NCCCC(O)(c1cncc(Cl)c1-c1cccc(C(C)C)c1)C1CCCN(C(=O)OC(C)(C)C)C1. The molecule has 1 saturated heterocycles. The summed E-state index contributed by atoms with van der Waals surface area (Å²) in [7, 11) is 1.31. The van der Waals surface area contributed by atoms with Crippen LogP contribution in [0, 0.1) is 5.92 Å². The highest BCUT2D eigenvalue weighted by atomic mass is 35.5. The molecule has 214 valence electrons. The predicted octanol–water partition coefficient (Wildman–Crippen LogP) is 6.50. The van der Waals surface area contributed by atoms with Crippen molar-refractivity contribution in [2.75, 3.05) is 26.7 Å². The molecule has 1 aliphatic rings. The average Bonchev–Trinajstić information content (AvgIpc) is 2.89. The van der Waals surface area contributed by atoms with Gasteiger partial charge >= 0.3 is 12.2 Å². The molecule has 0 radical (unpaired) electrons. The zero-order valence-corrected chi connectivity index (χ0v) is 24.7. The molecular weight excluding hydrogens is 518 g/mol. The normalized spacial score (nSPS) is 17.5. The number of pyridine rings is 1. The summed E-state index contributed by atoms with van der Waals surface area (Å²) < 4.78 is 10.3. The van der Waals surface area contributed by atoms with E-state index in [2.05, 4.69) is 41.0 Å². The van der Waals surface area contributed by atoms with E-state index in [9.17, 15) is 14.7 Å². The predicted molar refractivity (Wildman–Crippen MR) is 153 cm³/mol. The Bertz CT molecular complexity index is 1150. The van der Waals surface area contributed by atoms with Crippen LogP contribution in [0.3, 0.4) is 0 Å². The van der Waals surface area contributed by atoms with Gasteiger partial charge in [0.05, 0.1) is 17.7 Å². The molecule has 0 saturated carbocycles. The van der Waals surface area contributed by atoms with Gasteiger partial charge in [0.15, 0.2) is 0 Å². The van der Waals surface area contributed by atoms with Crippen molar-refractivity contribution in [1.29, 1.82) is 0 Å². The minimum absolute atomic E-state index is 0.302. The third kappa shape index (κ3) is 7.85. The number of rotatable bonds is 8. The number of piperidine rings is 1. The highest BCUT2D eigenvalue weighted by Crippen LogP contribution is 2.45. The molecule has 1 aromatic carbocycles. The van der Waals surface area contributed by atoms with Gasteiger partial charge in [-0.3, -0.25) is 4.98 Å². The first-order chi connectivity index (χ1) is 18.4. The second-order valence-electron chi connectivity index (χ2n) is 11.5. The fourth-order valence-corrected chi connectivity index (χ4v) is 5.42. The van der Waals surface area contributed by atoms with Crippen molar-refractivity contribution < 1.29 is 24.2 Å². The Kier molecular flexibility index (Phi) is 10.2. The lowest BCUT2D eigenvalue weighted by Gasteiger charge is -2.43. The molecule has 2 unspecified atom stereocenters. The van der Waals surface area contributed by atoms with Crippen molar-refractivity contribution >= 4 is 23.8 Å². The standard InChI is InChI=1S/C30H42ClN3O5/c1-20(2)21-10-7-11-22(16-21)26-24(17-32-18-25(26)31)30(37,13-9-14-33-27(35)38-6)23-12-8-15-34(19-23)28(36)39-29(3,4)5/h7,10-11,16-18,20,23,37H,8-9,12-15,19H2,1-6H3,(H,33,35). The van der Waals surface area contributed by atoms with E-state index in [1.807, 2.05) is 32.9 Å². The highest BCUT2D eigenvalue weighted by Gasteiger charge is 2.43. The van der Waals surface area contributed by atoms with Crippen molar-refractivity contribution in [3.05, 3.63) is 52.8 Å². The molecule has 39 heavy (non-hydrogen) atoms. The number of carbonyl (C=O) groups is 2. The number of aromatic nitrogens is 1. The van der Waals surface area contributed by atoms with Crippen LogP contribution < -0.4 is 5.32 Å². The molecule has 2 heterocycles. The summed E-state index contributed by atoms with van der Waals surface area (Å²) in [6.07, 6.45) is 4.59. The Morgan fingerprint density at radius 1 is 1.26 bits per heavy atom. The summed E-state index contributed by atoms with van der Waals surface area (Å²) >= 11 is 6.78. The second-order valence-corrected chi connectivity index (χ2v) is 11.9. The summed E-state index contributed by atoms with van der Waals surface area (Å²) in [5.74, 6) is 0.0159. The number of alkyl carbamates (subject to hydrolysis) is 1. The van der Waals surface area contributed by atoms with Gasteiger partial charge < -0.3 is 24.8 Å². The lowest BCUT2D eigenvalue weighted by Crippen LogP contribution is -2.49. The number of likely N-dealkylation sites (tertiary alicyclic amines) is 1. The first-order valence-electron chi connectivity index (χ1n) is 13.6. The quantitative estimate of drug-likeness (QED) is 0.358. The lowest BCUT2D eigenvalue weighted by atomic mass is 9.72. The number of hydrogen-bond donors (Lipinski definition) is 2. The van der Waals surface area contributed by atoms with Crippen LogP contribution in [0.5, 0.6) is 0 Å². The maximum absolute atomic E-state index is 13.0. The van der Waals surface area contributed by atoms with Crippen LogP contribution in [0.15, 0.2) is 36.7 Å². The molecule has 2 N–H and O–H groups in total. The van der Waals surface area contributed by atoms with Gasteiger partial charge in [0.1, 0.15) is 5.60 Å². The van der Waals surface area contributed by atoms with Crippen LogP contribution in [0.25, 0.3) is 11.1 Å². The van der Waals surface area contributed by atoms with E-state index in [0.29, 0.717) is 55.4 Å². The number of nitrogens with one attached hydrogen (secondary N) is 1. The Hall–Kier alpha value is -2.84.